The van der Waals surface area contributed by atoms with Gasteiger partial charge in [0.15, 0.2) is 0 Å². The third kappa shape index (κ3) is 23.5. The van der Waals surface area contributed by atoms with Gasteiger partial charge in [-0.2, -0.15) is 0 Å². The molecule has 1 amide bonds. The van der Waals surface area contributed by atoms with Crippen LogP contribution in [0.25, 0.3) is 0 Å². The number of hydrogen-bond acceptors (Lipinski definition) is 4. The van der Waals surface area contributed by atoms with Crippen molar-refractivity contribution in [3.63, 3.8) is 0 Å². The van der Waals surface area contributed by atoms with Crippen molar-refractivity contribution < 1.29 is 19.5 Å². The number of nitrogens with one attached hydrogen (secondary N) is 1. The van der Waals surface area contributed by atoms with Crippen LogP contribution in [0, 0.1) is 0 Å². The first-order valence-electron chi connectivity index (χ1n) is 10.9. The largest absolute Gasteiger partial charge is 0.660 e. The van der Waals surface area contributed by atoms with Crippen LogP contribution in [0.2, 0.25) is 0 Å². The minimum absolute atomic E-state index is 0.0358. The van der Waals surface area contributed by atoms with Crippen molar-refractivity contribution in [2.75, 3.05) is 12.7 Å². The molecular formula is C21H41NO4P-. The van der Waals surface area contributed by atoms with Crippen LogP contribution in [0.5, 0.6) is 0 Å². The van der Waals surface area contributed by atoms with E-state index >= 15 is 0 Å². The Labute approximate surface area is 167 Å². The molecule has 0 aromatic rings. The predicted molar refractivity (Wildman–Crippen MR) is 111 cm³/mol. The van der Waals surface area contributed by atoms with Crippen LogP contribution < -0.4 is 15.1 Å². The lowest BCUT2D eigenvalue weighted by molar-refractivity contribution is -0.331. The molecule has 0 spiro atoms. The fraction of sp³-hybridized carbons (Fsp3) is 0.857. The zero-order chi connectivity index (χ0) is 20.2. The quantitative estimate of drug-likeness (QED) is 0.194. The fourth-order valence-electron chi connectivity index (χ4n) is 2.95. The Bertz CT molecular complexity index is 370. The van der Waals surface area contributed by atoms with Crippen molar-refractivity contribution in [2.45, 2.75) is 103 Å². The molecule has 0 aliphatic heterocycles. The molecule has 0 heterocycles. The maximum atomic E-state index is 11.6. The van der Waals surface area contributed by atoms with Crippen LogP contribution in [0.3, 0.4) is 0 Å². The first kappa shape index (κ1) is 26.5. The summed E-state index contributed by atoms with van der Waals surface area (Å²) in [5, 5.41) is 2.69. The molecule has 160 valence electrons. The maximum absolute atomic E-state index is 11.6. The summed E-state index contributed by atoms with van der Waals surface area (Å²) < 4.78 is 0. The number of allylic oxidation sites excluding steroid dienone is 2. The summed E-state index contributed by atoms with van der Waals surface area (Å²) in [6.07, 6.45) is 21.1. The normalized spacial score (nSPS) is 12.0. The average Bonchev–Trinajstić information content (AvgIpc) is 2.61. The van der Waals surface area contributed by atoms with Crippen LogP contribution in [0.15, 0.2) is 12.2 Å². The summed E-state index contributed by atoms with van der Waals surface area (Å²) in [4.78, 5) is 41.3. The summed E-state index contributed by atoms with van der Waals surface area (Å²) in [6.45, 7) is 2.55. The number of amides is 1. The van der Waals surface area contributed by atoms with E-state index < -0.39 is 7.94 Å². The van der Waals surface area contributed by atoms with E-state index in [1.54, 1.807) is 0 Å². The van der Waals surface area contributed by atoms with E-state index in [0.717, 1.165) is 25.7 Å². The minimum atomic E-state index is -4.19. The molecule has 0 rings (SSSR count). The monoisotopic (exact) mass is 402 g/mol. The van der Waals surface area contributed by atoms with Crippen LogP contribution in [-0.4, -0.2) is 23.5 Å². The van der Waals surface area contributed by atoms with Gasteiger partial charge in [-0.3, -0.25) is 9.69 Å². The van der Waals surface area contributed by atoms with E-state index in [2.05, 4.69) is 24.4 Å². The third-order valence-electron chi connectivity index (χ3n) is 4.61. The van der Waals surface area contributed by atoms with Gasteiger partial charge in [0.1, 0.15) is 0 Å². The first-order chi connectivity index (χ1) is 13.0. The Morgan fingerprint density at radius 1 is 0.852 bits per heavy atom. The number of carbonyl (C=O) groups excluding carboxylic acids is 1. The molecule has 0 saturated heterocycles. The summed E-state index contributed by atoms with van der Waals surface area (Å²) in [5.74, 6) is -0.0358. The summed E-state index contributed by atoms with van der Waals surface area (Å²) in [5.41, 5.74) is 0. The molecule has 5 nitrogen and oxygen atoms in total. The second-order valence-corrected chi connectivity index (χ2v) is 9.12. The smallest absolute Gasteiger partial charge is 0.219 e. The molecule has 0 fully saturated rings. The lowest BCUT2D eigenvalue weighted by Crippen LogP contribution is -2.28. The Kier molecular flexibility index (Phi) is 18.5. The van der Waals surface area contributed by atoms with Crippen molar-refractivity contribution in [3.05, 3.63) is 12.2 Å². The van der Waals surface area contributed by atoms with E-state index in [-0.39, 0.29) is 18.5 Å². The van der Waals surface area contributed by atoms with E-state index in [1.165, 1.54) is 57.8 Å². The summed E-state index contributed by atoms with van der Waals surface area (Å²) in [7, 11) is -4.19. The van der Waals surface area contributed by atoms with Crippen molar-refractivity contribution in [3.8, 4) is 0 Å². The zero-order valence-corrected chi connectivity index (χ0v) is 18.2. The number of carbonyl (C=O) groups is 1. The molecule has 2 N–H and O–H groups in total. The lowest BCUT2D eigenvalue weighted by Gasteiger charge is -2.27. The Morgan fingerprint density at radius 3 is 1.93 bits per heavy atom. The van der Waals surface area contributed by atoms with Crippen LogP contribution >= 0.6 is 7.94 Å². The molecule has 0 aliphatic rings. The number of unbranched alkanes of at least 4 members (excludes halogenated alkanes) is 11. The minimum Gasteiger partial charge on any atom is -0.660 e. The van der Waals surface area contributed by atoms with E-state index in [4.69, 9.17) is 4.89 Å². The Morgan fingerprint density at radius 2 is 1.37 bits per heavy atom. The van der Waals surface area contributed by atoms with Gasteiger partial charge in [-0.05, 0) is 32.1 Å². The number of hydrogen-bond donors (Lipinski definition) is 2. The van der Waals surface area contributed by atoms with Gasteiger partial charge in [-0.25, -0.2) is 0 Å². The van der Waals surface area contributed by atoms with Crippen molar-refractivity contribution >= 4 is 13.9 Å². The standard InChI is InChI=1S/C21H42NO4P/c1-2-3-4-5-6-7-8-9-10-11-12-13-14-15-16-18-21(23)22-19-17-20-27(24,25)26/h9-10H,2-8,11-20H2,1H3,(H,22,23)(H2,24,25,26)/p-1/b10-9-. The molecular weight excluding hydrogens is 361 g/mol. The summed E-state index contributed by atoms with van der Waals surface area (Å²) in [6, 6.07) is 0. The second-order valence-electron chi connectivity index (χ2n) is 7.40. The molecule has 0 saturated carbocycles. The van der Waals surface area contributed by atoms with Crippen molar-refractivity contribution in [2.24, 2.45) is 0 Å². The molecule has 0 unspecified atom stereocenters. The van der Waals surface area contributed by atoms with E-state index in [1.807, 2.05) is 0 Å². The highest BCUT2D eigenvalue weighted by Crippen LogP contribution is 2.33. The molecule has 27 heavy (non-hydrogen) atoms. The molecule has 0 atom stereocenters. The SMILES string of the molecule is CCCCCCCC/C=C\CCCCCCCC(=O)NCCC[P+]([O-])([O-])O. The molecule has 0 bridgehead atoms. The first-order valence-corrected chi connectivity index (χ1v) is 12.7. The van der Waals surface area contributed by atoms with Gasteiger partial charge in [-0.15, -0.1) is 0 Å². The highest BCUT2D eigenvalue weighted by Gasteiger charge is 2.07. The molecule has 0 aromatic heterocycles. The van der Waals surface area contributed by atoms with Crippen LogP contribution in [-0.2, 0) is 4.79 Å². The molecule has 6 heteroatoms. The average molecular weight is 403 g/mol. The second kappa shape index (κ2) is 18.9. The van der Waals surface area contributed by atoms with Crippen molar-refractivity contribution in [1.29, 1.82) is 0 Å². The highest BCUT2D eigenvalue weighted by molar-refractivity contribution is 7.55. The topological polar surface area (TPSA) is 95.5 Å². The van der Waals surface area contributed by atoms with Gasteiger partial charge in [0.2, 0.25) is 5.91 Å². The zero-order valence-electron chi connectivity index (χ0n) is 17.3. The van der Waals surface area contributed by atoms with Crippen LogP contribution in [0.4, 0.5) is 0 Å². The van der Waals surface area contributed by atoms with Gasteiger partial charge in [-0.1, -0.05) is 70.4 Å². The number of rotatable bonds is 19. The maximum Gasteiger partial charge on any atom is 0.219 e. The highest BCUT2D eigenvalue weighted by atomic mass is 31.2. The lowest BCUT2D eigenvalue weighted by atomic mass is 10.1. The van der Waals surface area contributed by atoms with E-state index in [0.29, 0.717) is 13.0 Å². The van der Waals surface area contributed by atoms with Gasteiger partial charge >= 0.3 is 0 Å². The summed E-state index contributed by atoms with van der Waals surface area (Å²) >= 11 is 0. The van der Waals surface area contributed by atoms with Gasteiger partial charge < -0.3 is 15.1 Å². The molecule has 0 aromatic carbocycles. The van der Waals surface area contributed by atoms with Crippen LogP contribution in [0.1, 0.15) is 103 Å². The third-order valence-corrected chi connectivity index (χ3v) is 5.49. The Balaban J connectivity index is 3.26. The van der Waals surface area contributed by atoms with Gasteiger partial charge in [0.25, 0.3) is 0 Å². The Hall–Kier alpha value is -0.480. The van der Waals surface area contributed by atoms with Crippen molar-refractivity contribution in [1.82, 2.24) is 5.32 Å². The fourth-order valence-corrected chi connectivity index (χ4v) is 3.51. The van der Waals surface area contributed by atoms with Gasteiger partial charge in [0.05, 0.1) is 6.16 Å². The van der Waals surface area contributed by atoms with Gasteiger partial charge in [0, 0.05) is 27.3 Å². The van der Waals surface area contributed by atoms with E-state index in [9.17, 15) is 14.6 Å². The molecule has 0 aliphatic carbocycles. The predicted octanol–water partition coefficient (Wildman–Crippen LogP) is 4.01. The molecule has 0 radical (unpaired) electrons.